The molecule has 1 fully saturated rings. The van der Waals surface area contributed by atoms with Crippen molar-refractivity contribution in [1.82, 2.24) is 0 Å². The summed E-state index contributed by atoms with van der Waals surface area (Å²) in [7, 11) is 0.915. The van der Waals surface area contributed by atoms with Crippen LogP contribution in [-0.2, 0) is 0 Å². The van der Waals surface area contributed by atoms with Gasteiger partial charge >= 0.3 is 0 Å². The van der Waals surface area contributed by atoms with Crippen molar-refractivity contribution in [3.05, 3.63) is 0 Å². The quantitative estimate of drug-likeness (QED) is 0.362. The van der Waals surface area contributed by atoms with E-state index in [9.17, 15) is 0 Å². The minimum absolute atomic E-state index is 0.314. The fourth-order valence-electron chi connectivity index (χ4n) is 0.698. The molecule has 0 aromatic carbocycles. The lowest BCUT2D eigenvalue weighted by Gasteiger charge is -2.10. The molecule has 0 aromatic heterocycles. The molecule has 3 heteroatoms. The Hall–Kier alpha value is 0.724. The zero-order valence-electron chi connectivity index (χ0n) is 4.21. The third kappa shape index (κ3) is 1.97. The van der Waals surface area contributed by atoms with Gasteiger partial charge in [0.1, 0.15) is 0 Å². The summed E-state index contributed by atoms with van der Waals surface area (Å²) in [6.45, 7) is 0. The molecule has 7 heavy (non-hydrogen) atoms. The molecule has 0 atom stereocenters. The van der Waals surface area contributed by atoms with Crippen molar-refractivity contribution < 1.29 is 0 Å². The third-order valence-corrected chi connectivity index (χ3v) is 6.07. The molecule has 1 rings (SSSR count). The number of rotatable bonds is 0. The summed E-state index contributed by atoms with van der Waals surface area (Å²) in [5.74, 6) is 0. The first-order valence-electron chi connectivity index (χ1n) is 2.60. The molecule has 0 spiro atoms. The van der Waals surface area contributed by atoms with Gasteiger partial charge in [-0.2, -0.15) is 11.1 Å². The second kappa shape index (κ2) is 2.89. The number of halogens is 1. The molecule has 0 bridgehead atoms. The second-order valence-electron chi connectivity index (χ2n) is 1.77. The van der Waals surface area contributed by atoms with E-state index in [0.717, 1.165) is 0 Å². The van der Waals surface area contributed by atoms with Crippen LogP contribution in [0.15, 0.2) is 0 Å². The van der Waals surface area contributed by atoms with E-state index >= 15 is 0 Å². The molecule has 0 nitrogen and oxygen atoms in total. The maximum Gasteiger partial charge on any atom is 0.164 e. The van der Waals surface area contributed by atoms with Gasteiger partial charge in [-0.05, 0) is 12.1 Å². The molecule has 1 aliphatic heterocycles. The van der Waals surface area contributed by atoms with Crippen LogP contribution >= 0.6 is 11.1 Å². The van der Waals surface area contributed by atoms with E-state index < -0.39 is 0 Å². The lowest BCUT2D eigenvalue weighted by atomic mass is 10.9. The number of hydrogen-bond acceptors (Lipinski definition) is 0. The maximum absolute atomic E-state index is 5.92. The van der Waals surface area contributed by atoms with Crippen LogP contribution in [0.2, 0.25) is 24.2 Å². The van der Waals surface area contributed by atoms with Crippen molar-refractivity contribution in [2.45, 2.75) is 24.2 Å². The Bertz CT molecular complexity index is 51.7. The summed E-state index contributed by atoms with van der Waals surface area (Å²) in [6.07, 6.45) is 0. The Balaban J connectivity index is 2.12. The van der Waals surface area contributed by atoms with E-state index in [-0.39, 0.29) is 8.11 Å². The average molecular weight is 148 g/mol. The molecular formula is C4H8ClSi2. The van der Waals surface area contributed by atoms with Crippen LogP contribution in [0.4, 0.5) is 0 Å². The molecule has 39 valence electrons. The largest absolute Gasteiger partial charge is 0.169 e. The van der Waals surface area contributed by atoms with Crippen molar-refractivity contribution >= 4 is 28.7 Å². The highest BCUT2D eigenvalue weighted by Crippen LogP contribution is 2.16. The monoisotopic (exact) mass is 147 g/mol. The molecule has 3 radical (unpaired) electrons. The third-order valence-electron chi connectivity index (χ3n) is 1.15. The lowest BCUT2D eigenvalue weighted by Crippen LogP contribution is -2.11. The predicted octanol–water partition coefficient (Wildman–Crippen LogP) is 1.77. The Kier molecular flexibility index (Phi) is 2.42. The average Bonchev–Trinajstić information content (AvgIpc) is 1.69. The Labute approximate surface area is 53.4 Å². The van der Waals surface area contributed by atoms with E-state index in [1.165, 1.54) is 33.7 Å². The van der Waals surface area contributed by atoms with Gasteiger partial charge in [0.05, 0.1) is 0 Å². The molecular weight excluding hydrogens is 140 g/mol. The molecule has 0 aliphatic carbocycles. The maximum atomic E-state index is 5.92. The highest BCUT2D eigenvalue weighted by Gasteiger charge is 2.11. The van der Waals surface area contributed by atoms with Crippen molar-refractivity contribution in [1.29, 1.82) is 0 Å². The molecule has 0 amide bonds. The summed E-state index contributed by atoms with van der Waals surface area (Å²) in [6, 6.07) is 5.59. The minimum Gasteiger partial charge on any atom is -0.169 e. The summed E-state index contributed by atoms with van der Waals surface area (Å²) >= 11 is 5.92. The second-order valence-corrected chi connectivity index (χ2v) is 6.91. The first kappa shape index (κ1) is 5.85. The van der Waals surface area contributed by atoms with Crippen molar-refractivity contribution in [2.75, 3.05) is 0 Å². The summed E-state index contributed by atoms with van der Waals surface area (Å²) in [5, 5.41) is 0. The molecule has 0 aromatic rings. The highest BCUT2D eigenvalue weighted by atomic mass is 35.6. The van der Waals surface area contributed by atoms with E-state index in [1.54, 1.807) is 0 Å². The van der Waals surface area contributed by atoms with Gasteiger partial charge in [-0.15, -0.1) is 0 Å². The zero-order chi connectivity index (χ0) is 5.11. The van der Waals surface area contributed by atoms with Gasteiger partial charge in [-0.3, -0.25) is 0 Å². The van der Waals surface area contributed by atoms with E-state index in [4.69, 9.17) is 11.1 Å². The zero-order valence-corrected chi connectivity index (χ0v) is 6.96. The van der Waals surface area contributed by atoms with Crippen LogP contribution in [0, 0.1) is 0 Å². The van der Waals surface area contributed by atoms with Crippen LogP contribution < -0.4 is 0 Å². The fourth-order valence-corrected chi connectivity index (χ4v) is 6.48. The van der Waals surface area contributed by atoms with Gasteiger partial charge in [0.25, 0.3) is 0 Å². The van der Waals surface area contributed by atoms with Gasteiger partial charge in [0, 0.05) is 9.52 Å². The van der Waals surface area contributed by atoms with Gasteiger partial charge < -0.3 is 0 Å². The van der Waals surface area contributed by atoms with Crippen LogP contribution in [0.1, 0.15) is 0 Å². The highest BCUT2D eigenvalue weighted by molar-refractivity contribution is 7.07. The normalized spacial score (nSPS) is 25.3. The molecule has 0 saturated carbocycles. The van der Waals surface area contributed by atoms with Crippen LogP contribution in [0.25, 0.3) is 0 Å². The molecule has 1 saturated heterocycles. The van der Waals surface area contributed by atoms with Crippen LogP contribution in [0.3, 0.4) is 0 Å². The van der Waals surface area contributed by atoms with Crippen molar-refractivity contribution in [2.24, 2.45) is 0 Å². The summed E-state index contributed by atoms with van der Waals surface area (Å²) in [5.41, 5.74) is 0. The smallest absolute Gasteiger partial charge is 0.164 e. The first-order valence-corrected chi connectivity index (χ1v) is 6.94. The number of hydrogen-bond donors (Lipinski definition) is 0. The molecule has 0 unspecified atom stereocenters. The lowest BCUT2D eigenvalue weighted by molar-refractivity contribution is 1.24. The minimum atomic E-state index is -0.314. The predicted molar refractivity (Wildman–Crippen MR) is 36.6 cm³/mol. The van der Waals surface area contributed by atoms with E-state index in [2.05, 4.69) is 0 Å². The van der Waals surface area contributed by atoms with Crippen molar-refractivity contribution in [3.63, 3.8) is 0 Å². The summed E-state index contributed by atoms with van der Waals surface area (Å²) in [4.78, 5) is 0. The summed E-state index contributed by atoms with van der Waals surface area (Å²) < 4.78 is 0. The standard InChI is InChI=1S/C4H8ClSi2/c5-7-3-1-6-2-4-7/h1-4H2. The van der Waals surface area contributed by atoms with Gasteiger partial charge in [-0.25, -0.2) is 0 Å². The fraction of sp³-hybridized carbons (Fsp3) is 1.00. The Morgan fingerprint density at radius 1 is 1.29 bits per heavy atom. The first-order chi connectivity index (χ1) is 3.39. The van der Waals surface area contributed by atoms with Crippen molar-refractivity contribution in [3.8, 4) is 0 Å². The van der Waals surface area contributed by atoms with Gasteiger partial charge in [0.2, 0.25) is 0 Å². The van der Waals surface area contributed by atoms with E-state index in [0.29, 0.717) is 0 Å². The molecule has 1 heterocycles. The topological polar surface area (TPSA) is 0 Å². The van der Waals surface area contributed by atoms with Gasteiger partial charge in [0.15, 0.2) is 8.11 Å². The van der Waals surface area contributed by atoms with Crippen LogP contribution in [0.5, 0.6) is 0 Å². The SMILES string of the molecule is Cl[Si]1CC[Si]CC1. The Morgan fingerprint density at radius 2 is 1.86 bits per heavy atom. The Morgan fingerprint density at radius 3 is 2.14 bits per heavy atom. The van der Waals surface area contributed by atoms with Crippen LogP contribution in [-0.4, -0.2) is 17.6 Å². The molecule has 1 aliphatic rings. The van der Waals surface area contributed by atoms with Gasteiger partial charge in [-0.1, -0.05) is 12.1 Å². The molecule has 0 N–H and O–H groups in total. The van der Waals surface area contributed by atoms with E-state index in [1.807, 2.05) is 0 Å².